The molecule has 0 aliphatic carbocycles. The molecule has 1 aliphatic heterocycles. The SMILES string of the molecule is CCO[C@@]1(COCc2ccccc2)C=C[C@H](OC(C)=O)O1. The molecule has 1 aromatic rings. The van der Waals surface area contributed by atoms with E-state index in [1.54, 1.807) is 12.2 Å². The highest BCUT2D eigenvalue weighted by molar-refractivity contribution is 5.66. The fraction of sp³-hybridized carbons (Fsp3) is 0.438. The van der Waals surface area contributed by atoms with Crippen LogP contribution in [0.1, 0.15) is 19.4 Å². The smallest absolute Gasteiger partial charge is 0.305 e. The monoisotopic (exact) mass is 292 g/mol. The van der Waals surface area contributed by atoms with Crippen LogP contribution >= 0.6 is 0 Å². The van der Waals surface area contributed by atoms with E-state index in [4.69, 9.17) is 18.9 Å². The predicted molar refractivity (Wildman–Crippen MR) is 76.2 cm³/mol. The Morgan fingerprint density at radius 3 is 2.76 bits per heavy atom. The van der Waals surface area contributed by atoms with Gasteiger partial charge in [0.2, 0.25) is 12.1 Å². The highest BCUT2D eigenvalue weighted by Crippen LogP contribution is 2.26. The fourth-order valence-corrected chi connectivity index (χ4v) is 2.06. The van der Waals surface area contributed by atoms with E-state index in [1.165, 1.54) is 6.92 Å². The van der Waals surface area contributed by atoms with Crippen LogP contribution in [0.5, 0.6) is 0 Å². The first-order valence-electron chi connectivity index (χ1n) is 6.93. The number of carbonyl (C=O) groups is 1. The molecule has 2 atom stereocenters. The van der Waals surface area contributed by atoms with E-state index in [2.05, 4.69) is 0 Å². The van der Waals surface area contributed by atoms with Gasteiger partial charge in [0, 0.05) is 13.5 Å². The normalized spacial score (nSPS) is 24.2. The lowest BCUT2D eigenvalue weighted by atomic mass is 10.2. The first-order chi connectivity index (χ1) is 10.1. The van der Waals surface area contributed by atoms with Crippen molar-refractivity contribution >= 4 is 5.97 Å². The molecule has 1 aromatic carbocycles. The molecule has 2 rings (SSSR count). The van der Waals surface area contributed by atoms with Gasteiger partial charge in [-0.2, -0.15) is 0 Å². The maximum Gasteiger partial charge on any atom is 0.305 e. The summed E-state index contributed by atoms with van der Waals surface area (Å²) in [6.45, 7) is 4.36. The lowest BCUT2D eigenvalue weighted by Gasteiger charge is -2.28. The van der Waals surface area contributed by atoms with Crippen LogP contribution in [0.4, 0.5) is 0 Å². The van der Waals surface area contributed by atoms with Crippen molar-refractivity contribution in [3.05, 3.63) is 48.0 Å². The van der Waals surface area contributed by atoms with Crippen molar-refractivity contribution in [3.63, 3.8) is 0 Å². The zero-order chi connectivity index (χ0) is 15.1. The third-order valence-corrected chi connectivity index (χ3v) is 2.91. The minimum absolute atomic E-state index is 0.226. The molecular formula is C16H20O5. The topological polar surface area (TPSA) is 54.0 Å². The van der Waals surface area contributed by atoms with Gasteiger partial charge in [-0.05, 0) is 24.6 Å². The summed E-state index contributed by atoms with van der Waals surface area (Å²) < 4.78 is 21.9. The van der Waals surface area contributed by atoms with Gasteiger partial charge in [-0.15, -0.1) is 0 Å². The van der Waals surface area contributed by atoms with Crippen LogP contribution < -0.4 is 0 Å². The second-order valence-corrected chi connectivity index (χ2v) is 4.68. The van der Waals surface area contributed by atoms with Gasteiger partial charge in [0.15, 0.2) is 0 Å². The third-order valence-electron chi connectivity index (χ3n) is 2.91. The quantitative estimate of drug-likeness (QED) is 0.570. The molecule has 0 spiro atoms. The summed E-state index contributed by atoms with van der Waals surface area (Å²) in [7, 11) is 0. The molecule has 0 aromatic heterocycles. The summed E-state index contributed by atoms with van der Waals surface area (Å²) in [6.07, 6.45) is 2.66. The number of benzene rings is 1. The molecule has 21 heavy (non-hydrogen) atoms. The summed E-state index contributed by atoms with van der Waals surface area (Å²) in [5.74, 6) is -1.40. The average Bonchev–Trinajstić information content (AvgIpc) is 2.83. The molecule has 5 nitrogen and oxygen atoms in total. The van der Waals surface area contributed by atoms with Crippen molar-refractivity contribution in [1.82, 2.24) is 0 Å². The molecule has 0 amide bonds. The molecule has 0 unspecified atom stereocenters. The summed E-state index contributed by atoms with van der Waals surface area (Å²) in [4.78, 5) is 11.0. The molecule has 0 saturated heterocycles. The number of carbonyl (C=O) groups excluding carboxylic acids is 1. The van der Waals surface area contributed by atoms with Crippen molar-refractivity contribution in [1.29, 1.82) is 0 Å². The number of rotatable bonds is 7. The van der Waals surface area contributed by atoms with E-state index in [1.807, 2.05) is 37.3 Å². The van der Waals surface area contributed by atoms with Crippen molar-refractivity contribution in [2.45, 2.75) is 32.5 Å². The lowest BCUT2D eigenvalue weighted by molar-refractivity contribution is -0.269. The van der Waals surface area contributed by atoms with Crippen LogP contribution in [0, 0.1) is 0 Å². The van der Waals surface area contributed by atoms with E-state index in [9.17, 15) is 4.79 Å². The van der Waals surface area contributed by atoms with Gasteiger partial charge >= 0.3 is 5.97 Å². The predicted octanol–water partition coefficient (Wildman–Crippen LogP) is 2.41. The second kappa shape index (κ2) is 7.36. The van der Waals surface area contributed by atoms with E-state index >= 15 is 0 Å². The number of hydrogen-bond acceptors (Lipinski definition) is 5. The molecule has 0 N–H and O–H groups in total. The van der Waals surface area contributed by atoms with Crippen LogP contribution in [0.2, 0.25) is 0 Å². The molecule has 1 heterocycles. The first kappa shape index (κ1) is 15.7. The molecule has 0 bridgehead atoms. The second-order valence-electron chi connectivity index (χ2n) is 4.68. The molecule has 1 aliphatic rings. The first-order valence-corrected chi connectivity index (χ1v) is 6.93. The molecule has 0 saturated carbocycles. The van der Waals surface area contributed by atoms with Gasteiger partial charge in [-0.25, -0.2) is 0 Å². The van der Waals surface area contributed by atoms with Gasteiger partial charge in [-0.3, -0.25) is 4.79 Å². The van der Waals surface area contributed by atoms with Crippen molar-refractivity contribution < 1.29 is 23.7 Å². The highest BCUT2D eigenvalue weighted by atomic mass is 16.8. The maximum atomic E-state index is 11.0. The van der Waals surface area contributed by atoms with Crippen molar-refractivity contribution in [2.24, 2.45) is 0 Å². The Morgan fingerprint density at radius 2 is 2.10 bits per heavy atom. The Kier molecular flexibility index (Phi) is 5.50. The largest absolute Gasteiger partial charge is 0.432 e. The van der Waals surface area contributed by atoms with Gasteiger partial charge in [0.1, 0.15) is 6.61 Å². The zero-order valence-corrected chi connectivity index (χ0v) is 12.3. The van der Waals surface area contributed by atoms with Crippen LogP contribution in [-0.2, 0) is 30.3 Å². The van der Waals surface area contributed by atoms with Gasteiger partial charge in [0.25, 0.3) is 0 Å². The summed E-state index contributed by atoms with van der Waals surface area (Å²) in [6, 6.07) is 9.85. The lowest BCUT2D eigenvalue weighted by Crippen LogP contribution is -2.39. The van der Waals surface area contributed by atoms with E-state index in [-0.39, 0.29) is 6.61 Å². The molecule has 114 valence electrons. The zero-order valence-electron chi connectivity index (χ0n) is 12.3. The Bertz CT molecular complexity index is 485. The summed E-state index contributed by atoms with van der Waals surface area (Å²) in [5.41, 5.74) is 1.07. The summed E-state index contributed by atoms with van der Waals surface area (Å²) in [5, 5.41) is 0. The minimum Gasteiger partial charge on any atom is -0.432 e. The van der Waals surface area contributed by atoms with Crippen LogP contribution in [0.25, 0.3) is 0 Å². The van der Waals surface area contributed by atoms with Crippen LogP contribution in [-0.4, -0.2) is 31.3 Å². The highest BCUT2D eigenvalue weighted by Gasteiger charge is 2.38. The number of esters is 1. The Morgan fingerprint density at radius 1 is 1.33 bits per heavy atom. The summed E-state index contributed by atoms with van der Waals surface area (Å²) >= 11 is 0. The Hall–Kier alpha value is -1.69. The van der Waals surface area contributed by atoms with Crippen LogP contribution in [0.15, 0.2) is 42.5 Å². The Labute approximate surface area is 124 Å². The van der Waals surface area contributed by atoms with Crippen molar-refractivity contribution in [2.75, 3.05) is 13.2 Å². The number of hydrogen-bond donors (Lipinski definition) is 0. The molecule has 0 radical (unpaired) electrons. The van der Waals surface area contributed by atoms with E-state index in [0.29, 0.717) is 13.2 Å². The van der Waals surface area contributed by atoms with Gasteiger partial charge in [0.05, 0.1) is 6.61 Å². The molecular weight excluding hydrogens is 272 g/mol. The van der Waals surface area contributed by atoms with Crippen molar-refractivity contribution in [3.8, 4) is 0 Å². The van der Waals surface area contributed by atoms with E-state index < -0.39 is 18.0 Å². The molecule has 0 fully saturated rings. The standard InChI is InChI=1S/C16H20O5/c1-3-19-16(10-9-15(21-16)20-13(2)17)12-18-11-14-7-5-4-6-8-14/h4-10,15H,3,11-12H2,1-2H3/t15-,16+/m1/s1. The third kappa shape index (κ3) is 4.67. The van der Waals surface area contributed by atoms with Gasteiger partial charge in [-0.1, -0.05) is 30.3 Å². The number of ether oxygens (including phenoxy) is 4. The molecule has 5 heteroatoms. The van der Waals surface area contributed by atoms with E-state index in [0.717, 1.165) is 5.56 Å². The minimum atomic E-state index is -0.996. The van der Waals surface area contributed by atoms with Gasteiger partial charge < -0.3 is 18.9 Å². The maximum absolute atomic E-state index is 11.0. The van der Waals surface area contributed by atoms with Crippen LogP contribution in [0.3, 0.4) is 0 Å². The average molecular weight is 292 g/mol. The Balaban J connectivity index is 1.88. The fourth-order valence-electron chi connectivity index (χ4n) is 2.06.